The maximum atomic E-state index is 12.0. The predicted octanol–water partition coefficient (Wildman–Crippen LogP) is 3.40. The first-order valence-electron chi connectivity index (χ1n) is 9.75. The van der Waals surface area contributed by atoms with Crippen LogP contribution in [0.15, 0.2) is 28.8 Å². The number of esters is 1. The Morgan fingerprint density at radius 2 is 1.86 bits per heavy atom. The van der Waals surface area contributed by atoms with Crippen LogP contribution in [0.3, 0.4) is 0 Å². The Morgan fingerprint density at radius 1 is 1.14 bits per heavy atom. The van der Waals surface area contributed by atoms with E-state index in [-0.39, 0.29) is 18.9 Å². The Labute approximate surface area is 165 Å². The molecule has 28 heavy (non-hydrogen) atoms. The summed E-state index contributed by atoms with van der Waals surface area (Å²) >= 11 is 0. The number of hydrogen-bond donors (Lipinski definition) is 1. The van der Waals surface area contributed by atoms with Gasteiger partial charge in [0.2, 0.25) is 0 Å². The quantitative estimate of drug-likeness (QED) is 0.736. The third-order valence-corrected chi connectivity index (χ3v) is 5.00. The van der Waals surface area contributed by atoms with Gasteiger partial charge in [0.05, 0.1) is 5.69 Å². The fraction of sp³-hybridized carbons (Fsp3) is 0.476. The number of aryl methyl sites for hydroxylation is 2. The second-order valence-corrected chi connectivity index (χ2v) is 7.11. The summed E-state index contributed by atoms with van der Waals surface area (Å²) in [5.74, 6) is -0.0666. The van der Waals surface area contributed by atoms with Gasteiger partial charge in [-0.15, -0.1) is 0 Å². The Balaban J connectivity index is 1.40. The largest absolute Gasteiger partial charge is 0.456 e. The highest BCUT2D eigenvalue weighted by atomic mass is 16.5. The van der Waals surface area contributed by atoms with Crippen LogP contribution in [0.1, 0.15) is 42.7 Å². The molecule has 0 aliphatic carbocycles. The number of piperidine rings is 1. The number of carbonyl (C=O) groups excluding carboxylic acids is 2. The molecular weight excluding hydrogens is 358 g/mol. The fourth-order valence-electron chi connectivity index (χ4n) is 3.41. The van der Waals surface area contributed by atoms with E-state index in [1.54, 1.807) is 0 Å². The highest BCUT2D eigenvalue weighted by Gasteiger charge is 2.14. The van der Waals surface area contributed by atoms with Crippen molar-refractivity contribution in [2.75, 3.05) is 29.9 Å². The zero-order chi connectivity index (χ0) is 19.9. The van der Waals surface area contributed by atoms with Gasteiger partial charge in [-0.2, -0.15) is 0 Å². The molecule has 1 aliphatic heterocycles. The monoisotopic (exact) mass is 385 g/mol. The predicted molar refractivity (Wildman–Crippen MR) is 106 cm³/mol. The van der Waals surface area contributed by atoms with Crippen molar-refractivity contribution in [3.63, 3.8) is 0 Å². The van der Waals surface area contributed by atoms with E-state index in [0.717, 1.165) is 24.3 Å². The van der Waals surface area contributed by atoms with Crippen LogP contribution < -0.4 is 10.2 Å². The van der Waals surface area contributed by atoms with Crippen molar-refractivity contribution in [3.8, 4) is 0 Å². The molecule has 7 nitrogen and oxygen atoms in total. The molecule has 0 saturated carbocycles. The Hall–Kier alpha value is -2.83. The van der Waals surface area contributed by atoms with Crippen molar-refractivity contribution in [1.29, 1.82) is 0 Å². The van der Waals surface area contributed by atoms with Crippen molar-refractivity contribution in [2.45, 2.75) is 46.0 Å². The number of nitrogens with one attached hydrogen (secondary N) is 1. The molecule has 1 saturated heterocycles. The topological polar surface area (TPSA) is 84.7 Å². The first-order valence-corrected chi connectivity index (χ1v) is 9.75. The molecule has 0 atom stereocenters. The minimum Gasteiger partial charge on any atom is -0.456 e. The minimum atomic E-state index is -0.421. The molecule has 1 aromatic heterocycles. The van der Waals surface area contributed by atoms with Gasteiger partial charge in [0.15, 0.2) is 6.61 Å². The van der Waals surface area contributed by atoms with Crippen LogP contribution >= 0.6 is 0 Å². The van der Waals surface area contributed by atoms with Crippen molar-refractivity contribution in [1.82, 2.24) is 5.16 Å². The molecule has 1 aromatic carbocycles. The zero-order valence-corrected chi connectivity index (χ0v) is 16.5. The number of benzene rings is 1. The summed E-state index contributed by atoms with van der Waals surface area (Å²) in [6.07, 6.45) is 4.40. The lowest BCUT2D eigenvalue weighted by Crippen LogP contribution is -2.29. The van der Waals surface area contributed by atoms with Crippen molar-refractivity contribution < 1.29 is 18.8 Å². The van der Waals surface area contributed by atoms with Gasteiger partial charge in [-0.25, -0.2) is 0 Å². The van der Waals surface area contributed by atoms with Crippen LogP contribution in [0.2, 0.25) is 0 Å². The van der Waals surface area contributed by atoms with Gasteiger partial charge in [0.25, 0.3) is 5.91 Å². The smallest absolute Gasteiger partial charge is 0.306 e. The number of rotatable bonds is 7. The number of amides is 1. The van der Waals surface area contributed by atoms with E-state index in [4.69, 9.17) is 9.26 Å². The van der Waals surface area contributed by atoms with E-state index >= 15 is 0 Å². The van der Waals surface area contributed by atoms with Crippen LogP contribution in [0.4, 0.5) is 11.4 Å². The first-order chi connectivity index (χ1) is 13.5. The van der Waals surface area contributed by atoms with E-state index in [2.05, 4.69) is 15.4 Å². The molecule has 1 N–H and O–H groups in total. The van der Waals surface area contributed by atoms with Gasteiger partial charge in [-0.1, -0.05) is 5.16 Å². The molecule has 150 valence electrons. The normalized spacial score (nSPS) is 14.0. The van der Waals surface area contributed by atoms with Gasteiger partial charge < -0.3 is 19.5 Å². The summed E-state index contributed by atoms with van der Waals surface area (Å²) in [5, 5.41) is 6.61. The molecule has 2 heterocycles. The summed E-state index contributed by atoms with van der Waals surface area (Å²) in [6.45, 7) is 5.51. The third-order valence-electron chi connectivity index (χ3n) is 5.00. The standard InChI is InChI=1S/C21H27N3O4/c1-15-19(16(2)28-23-15)10-11-21(26)27-14-20(25)22-17-6-8-18(9-7-17)24-12-4-3-5-13-24/h6-9H,3-5,10-14H2,1-2H3,(H,22,25). The van der Waals surface area contributed by atoms with E-state index in [0.29, 0.717) is 17.9 Å². The Kier molecular flexibility index (Phi) is 6.68. The highest BCUT2D eigenvalue weighted by molar-refractivity contribution is 5.92. The second kappa shape index (κ2) is 9.39. The van der Waals surface area contributed by atoms with E-state index < -0.39 is 5.97 Å². The molecule has 2 aromatic rings. The molecule has 0 unspecified atom stereocenters. The molecule has 0 bridgehead atoms. The average molecular weight is 385 g/mol. The van der Waals surface area contributed by atoms with E-state index in [1.807, 2.05) is 38.1 Å². The maximum absolute atomic E-state index is 12.0. The molecule has 1 amide bonds. The number of carbonyl (C=O) groups is 2. The number of nitrogens with zero attached hydrogens (tertiary/aromatic N) is 2. The summed E-state index contributed by atoms with van der Waals surface area (Å²) in [6, 6.07) is 7.77. The minimum absolute atomic E-state index is 0.181. The van der Waals surface area contributed by atoms with Crippen LogP contribution in [-0.4, -0.2) is 36.7 Å². The van der Waals surface area contributed by atoms with E-state index in [9.17, 15) is 9.59 Å². The van der Waals surface area contributed by atoms with Gasteiger partial charge in [-0.05, 0) is 63.8 Å². The lowest BCUT2D eigenvalue weighted by molar-refractivity contribution is -0.147. The van der Waals surface area contributed by atoms with Crippen molar-refractivity contribution >= 4 is 23.3 Å². The lowest BCUT2D eigenvalue weighted by Gasteiger charge is -2.28. The molecule has 3 rings (SSSR count). The van der Waals surface area contributed by atoms with Gasteiger partial charge in [0, 0.05) is 36.4 Å². The Bertz CT molecular complexity index is 788. The lowest BCUT2D eigenvalue weighted by atomic mass is 10.1. The van der Waals surface area contributed by atoms with Gasteiger partial charge in [-0.3, -0.25) is 9.59 Å². The number of anilines is 2. The fourth-order valence-corrected chi connectivity index (χ4v) is 3.41. The number of ether oxygens (including phenoxy) is 1. The molecule has 1 fully saturated rings. The summed E-state index contributed by atoms with van der Waals surface area (Å²) in [7, 11) is 0. The second-order valence-electron chi connectivity index (χ2n) is 7.11. The van der Waals surface area contributed by atoms with Crippen LogP contribution in [0, 0.1) is 13.8 Å². The van der Waals surface area contributed by atoms with Crippen LogP contribution in [0.25, 0.3) is 0 Å². The van der Waals surface area contributed by atoms with Crippen LogP contribution in [0.5, 0.6) is 0 Å². The number of aromatic nitrogens is 1. The molecular formula is C21H27N3O4. The number of hydrogen-bond acceptors (Lipinski definition) is 6. The van der Waals surface area contributed by atoms with E-state index in [1.165, 1.54) is 24.9 Å². The van der Waals surface area contributed by atoms with Crippen molar-refractivity contribution in [2.24, 2.45) is 0 Å². The first kappa shape index (κ1) is 19.9. The van der Waals surface area contributed by atoms with Gasteiger partial charge >= 0.3 is 5.97 Å². The molecule has 0 spiro atoms. The SMILES string of the molecule is Cc1noc(C)c1CCC(=O)OCC(=O)Nc1ccc(N2CCCCC2)cc1. The Morgan fingerprint density at radius 3 is 2.50 bits per heavy atom. The highest BCUT2D eigenvalue weighted by Crippen LogP contribution is 2.21. The summed E-state index contributed by atoms with van der Waals surface area (Å²) < 4.78 is 10.1. The average Bonchev–Trinajstić information content (AvgIpc) is 3.03. The maximum Gasteiger partial charge on any atom is 0.306 e. The molecule has 0 radical (unpaired) electrons. The summed E-state index contributed by atoms with van der Waals surface area (Å²) in [4.78, 5) is 26.3. The van der Waals surface area contributed by atoms with Crippen molar-refractivity contribution in [3.05, 3.63) is 41.3 Å². The summed E-state index contributed by atoms with van der Waals surface area (Å²) in [5.41, 5.74) is 3.55. The molecule has 1 aliphatic rings. The van der Waals surface area contributed by atoms with Gasteiger partial charge in [0.1, 0.15) is 5.76 Å². The van der Waals surface area contributed by atoms with Crippen LogP contribution in [-0.2, 0) is 20.7 Å². The third kappa shape index (κ3) is 5.34. The molecule has 7 heteroatoms. The zero-order valence-electron chi connectivity index (χ0n) is 16.5.